The van der Waals surface area contributed by atoms with Crippen molar-refractivity contribution < 1.29 is 14.3 Å². The third-order valence-corrected chi connectivity index (χ3v) is 2.06. The first kappa shape index (κ1) is 11.4. The molecule has 1 N–H and O–H groups in total. The minimum atomic E-state index is -0.519. The molecule has 80 valence electrons. The fourth-order valence-corrected chi connectivity index (χ4v) is 1.25. The van der Waals surface area contributed by atoms with Crippen molar-refractivity contribution in [3.05, 3.63) is 47.5 Å². The van der Waals surface area contributed by atoms with Gasteiger partial charge in [0, 0.05) is 12.8 Å². The number of aliphatic hydroxyl groups excluding tert-OH is 1. The highest BCUT2D eigenvalue weighted by atomic mass is 19.1. The van der Waals surface area contributed by atoms with Crippen LogP contribution in [0.1, 0.15) is 28.8 Å². The van der Waals surface area contributed by atoms with Crippen molar-refractivity contribution in [1.82, 2.24) is 0 Å². The quantitative estimate of drug-likeness (QED) is 0.609. The van der Waals surface area contributed by atoms with Gasteiger partial charge in [-0.1, -0.05) is 18.2 Å². The third-order valence-electron chi connectivity index (χ3n) is 2.06. The lowest BCUT2D eigenvalue weighted by molar-refractivity contribution is 0.0974. The lowest BCUT2D eigenvalue weighted by Gasteiger charge is -2.03. The number of ketones is 1. The number of Topliss-reactive ketones (excluding diaryl/α,β-unsaturated/α-hetero) is 1. The smallest absolute Gasteiger partial charge is 0.166 e. The first-order valence-electron chi connectivity index (χ1n) is 4.67. The fraction of sp³-hybridized carbons (Fsp3) is 0.250. The number of carbonyl (C=O) groups is 1. The largest absolute Gasteiger partial charge is 0.513 e. The highest BCUT2D eigenvalue weighted by Crippen LogP contribution is 2.14. The average Bonchev–Trinajstić information content (AvgIpc) is 2.18. The summed E-state index contributed by atoms with van der Waals surface area (Å²) in [5, 5.41) is 8.83. The molecule has 1 rings (SSSR count). The minimum Gasteiger partial charge on any atom is -0.513 e. The van der Waals surface area contributed by atoms with Gasteiger partial charge in [0.1, 0.15) is 5.82 Å². The monoisotopic (exact) mass is 208 g/mol. The van der Waals surface area contributed by atoms with Gasteiger partial charge in [0.05, 0.1) is 11.3 Å². The Labute approximate surface area is 88.1 Å². The molecule has 15 heavy (non-hydrogen) atoms. The number of hydrogen-bond donors (Lipinski definition) is 1. The molecule has 1 aromatic carbocycles. The van der Waals surface area contributed by atoms with Crippen LogP contribution in [0.15, 0.2) is 30.5 Å². The Balaban J connectivity index is 2.81. The lowest BCUT2D eigenvalue weighted by Crippen LogP contribution is -2.03. The van der Waals surface area contributed by atoms with E-state index >= 15 is 0 Å². The van der Waals surface area contributed by atoms with Gasteiger partial charge in [-0.2, -0.15) is 0 Å². The van der Waals surface area contributed by atoms with Crippen LogP contribution in [-0.2, 0) is 0 Å². The molecule has 0 aliphatic rings. The zero-order valence-electron chi connectivity index (χ0n) is 8.59. The van der Waals surface area contributed by atoms with Crippen LogP contribution in [0.5, 0.6) is 0 Å². The van der Waals surface area contributed by atoms with Crippen molar-refractivity contribution in [2.75, 3.05) is 0 Å². The number of hydrogen-bond acceptors (Lipinski definition) is 2. The van der Waals surface area contributed by atoms with Crippen molar-refractivity contribution in [3.8, 4) is 0 Å². The van der Waals surface area contributed by atoms with E-state index in [0.717, 1.165) is 5.56 Å². The molecule has 0 amide bonds. The number of rotatable bonds is 4. The molecule has 0 aliphatic carbocycles. The fourth-order valence-electron chi connectivity index (χ4n) is 1.25. The first-order valence-corrected chi connectivity index (χ1v) is 4.67. The topological polar surface area (TPSA) is 37.3 Å². The van der Waals surface area contributed by atoms with Crippen molar-refractivity contribution >= 4 is 5.78 Å². The SMILES string of the molecule is C=C(O)CCC(=O)c1cc(C)ccc1F. The molecule has 3 heteroatoms. The normalized spacial score (nSPS) is 10.0. The van der Waals surface area contributed by atoms with Crippen LogP contribution in [0, 0.1) is 12.7 Å². The molecule has 0 saturated carbocycles. The molecule has 0 aromatic heterocycles. The molecular weight excluding hydrogens is 195 g/mol. The van der Waals surface area contributed by atoms with Gasteiger partial charge < -0.3 is 5.11 Å². The number of benzene rings is 1. The minimum absolute atomic E-state index is 0.0589. The average molecular weight is 208 g/mol. The Morgan fingerprint density at radius 3 is 2.73 bits per heavy atom. The van der Waals surface area contributed by atoms with Crippen LogP contribution in [0.4, 0.5) is 4.39 Å². The molecule has 0 heterocycles. The summed E-state index contributed by atoms with van der Waals surface area (Å²) in [4.78, 5) is 11.5. The van der Waals surface area contributed by atoms with E-state index in [2.05, 4.69) is 6.58 Å². The summed E-state index contributed by atoms with van der Waals surface area (Å²) in [7, 11) is 0. The van der Waals surface area contributed by atoms with Crippen molar-refractivity contribution in [1.29, 1.82) is 0 Å². The van der Waals surface area contributed by atoms with E-state index in [1.807, 2.05) is 0 Å². The summed E-state index contributed by atoms with van der Waals surface area (Å²) in [6.07, 6.45) is 0.252. The molecule has 2 nitrogen and oxygen atoms in total. The van der Waals surface area contributed by atoms with Gasteiger partial charge in [0.2, 0.25) is 0 Å². The van der Waals surface area contributed by atoms with E-state index < -0.39 is 5.82 Å². The predicted molar refractivity (Wildman–Crippen MR) is 56.5 cm³/mol. The highest BCUT2D eigenvalue weighted by molar-refractivity contribution is 5.96. The summed E-state index contributed by atoms with van der Waals surface area (Å²) in [5.41, 5.74) is 0.916. The van der Waals surface area contributed by atoms with Crippen molar-refractivity contribution in [2.45, 2.75) is 19.8 Å². The number of aryl methyl sites for hydroxylation is 1. The van der Waals surface area contributed by atoms with Gasteiger partial charge in [0.15, 0.2) is 5.78 Å². The van der Waals surface area contributed by atoms with Crippen molar-refractivity contribution in [3.63, 3.8) is 0 Å². The molecule has 0 fully saturated rings. The van der Waals surface area contributed by atoms with E-state index in [1.54, 1.807) is 13.0 Å². The van der Waals surface area contributed by atoms with Crippen LogP contribution in [0.25, 0.3) is 0 Å². The number of allylic oxidation sites excluding steroid dienone is 1. The van der Waals surface area contributed by atoms with Gasteiger partial charge >= 0.3 is 0 Å². The van der Waals surface area contributed by atoms with Crippen LogP contribution in [-0.4, -0.2) is 10.9 Å². The maximum absolute atomic E-state index is 13.2. The Morgan fingerprint density at radius 1 is 1.47 bits per heavy atom. The van der Waals surface area contributed by atoms with Crippen LogP contribution in [0.3, 0.4) is 0 Å². The molecule has 0 radical (unpaired) electrons. The summed E-state index contributed by atoms with van der Waals surface area (Å²) in [6, 6.07) is 4.39. The van der Waals surface area contributed by atoms with Gasteiger partial charge in [-0.05, 0) is 19.1 Å². The molecular formula is C12H13FO2. The zero-order chi connectivity index (χ0) is 11.4. The van der Waals surface area contributed by atoms with E-state index in [4.69, 9.17) is 5.11 Å². The molecule has 0 unspecified atom stereocenters. The second-order valence-corrected chi connectivity index (χ2v) is 3.47. The second kappa shape index (κ2) is 4.73. The Hall–Kier alpha value is -1.64. The van der Waals surface area contributed by atoms with Crippen molar-refractivity contribution in [2.24, 2.45) is 0 Å². The molecule has 0 atom stereocenters. The van der Waals surface area contributed by atoms with Crippen LogP contribution >= 0.6 is 0 Å². The molecule has 0 spiro atoms. The summed E-state index contributed by atoms with van der Waals surface area (Å²) in [5.74, 6) is -0.892. The van der Waals surface area contributed by atoms with Gasteiger partial charge in [-0.25, -0.2) is 4.39 Å². The molecule has 0 aliphatic heterocycles. The Kier molecular flexibility index (Phi) is 3.61. The van der Waals surface area contributed by atoms with Gasteiger partial charge in [-0.3, -0.25) is 4.79 Å². The zero-order valence-corrected chi connectivity index (χ0v) is 8.59. The summed E-state index contributed by atoms with van der Waals surface area (Å²) in [6.45, 7) is 5.06. The van der Waals surface area contributed by atoms with Crippen LogP contribution in [0.2, 0.25) is 0 Å². The predicted octanol–water partition coefficient (Wildman–Crippen LogP) is 3.17. The Morgan fingerprint density at radius 2 is 2.13 bits per heavy atom. The molecule has 1 aromatic rings. The third kappa shape index (κ3) is 3.20. The van der Waals surface area contributed by atoms with Gasteiger partial charge in [0.25, 0.3) is 0 Å². The number of carbonyl (C=O) groups excluding carboxylic acids is 1. The van der Waals surface area contributed by atoms with Gasteiger partial charge in [-0.15, -0.1) is 0 Å². The number of halogens is 1. The standard InChI is InChI=1S/C12H13FO2/c1-8-3-5-11(13)10(7-8)12(15)6-4-9(2)14/h3,5,7,14H,2,4,6H2,1H3. The lowest BCUT2D eigenvalue weighted by atomic mass is 10.0. The molecule has 0 bridgehead atoms. The maximum Gasteiger partial charge on any atom is 0.166 e. The van der Waals surface area contributed by atoms with Crippen LogP contribution < -0.4 is 0 Å². The number of aliphatic hydroxyl groups is 1. The van der Waals surface area contributed by atoms with E-state index in [-0.39, 0.29) is 29.9 Å². The first-order chi connectivity index (χ1) is 7.00. The highest BCUT2D eigenvalue weighted by Gasteiger charge is 2.11. The summed E-state index contributed by atoms with van der Waals surface area (Å²) >= 11 is 0. The second-order valence-electron chi connectivity index (χ2n) is 3.47. The summed E-state index contributed by atoms with van der Waals surface area (Å²) < 4.78 is 13.2. The van der Waals surface area contributed by atoms with E-state index in [0.29, 0.717) is 0 Å². The Bertz CT molecular complexity index is 397. The molecule has 0 saturated heterocycles. The maximum atomic E-state index is 13.2. The van der Waals surface area contributed by atoms with E-state index in [9.17, 15) is 9.18 Å². The van der Waals surface area contributed by atoms with E-state index in [1.165, 1.54) is 12.1 Å².